The first-order valence-corrected chi connectivity index (χ1v) is 6.74. The Morgan fingerprint density at radius 3 is 2.45 bits per heavy atom. The third kappa shape index (κ3) is 7.26. The first-order valence-electron chi connectivity index (χ1n) is 6.74. The van der Waals surface area contributed by atoms with Crippen LogP contribution >= 0.6 is 12.4 Å². The number of hydrogen-bond donors (Lipinski definition) is 2. The molecule has 0 amide bonds. The normalized spacial score (nSPS) is 9.55. The summed E-state index contributed by atoms with van der Waals surface area (Å²) in [5, 5.41) is 7.51. The molecule has 124 valence electrons. The highest BCUT2D eigenvalue weighted by atomic mass is 35.5. The molecule has 0 atom stereocenters. The molecule has 1 heterocycles. The van der Waals surface area contributed by atoms with E-state index in [0.29, 0.717) is 37.6 Å². The largest absolute Gasteiger partial charge is 0.382 e. The van der Waals surface area contributed by atoms with Crippen LogP contribution in [-0.4, -0.2) is 55.4 Å². The smallest absolute Gasteiger partial charge is 0.256 e. The van der Waals surface area contributed by atoms with Gasteiger partial charge in [-0.3, -0.25) is 4.84 Å². The maximum Gasteiger partial charge on any atom is 0.256 e. The molecule has 1 aromatic rings. The Labute approximate surface area is 137 Å². The van der Waals surface area contributed by atoms with Crippen molar-refractivity contribution < 1.29 is 9.57 Å². The van der Waals surface area contributed by atoms with E-state index in [2.05, 4.69) is 38.4 Å². The van der Waals surface area contributed by atoms with Gasteiger partial charge < -0.3 is 15.4 Å². The fourth-order valence-corrected chi connectivity index (χ4v) is 1.35. The van der Waals surface area contributed by atoms with E-state index < -0.39 is 0 Å². The maximum absolute atomic E-state index is 5.45. The van der Waals surface area contributed by atoms with Gasteiger partial charge in [-0.25, -0.2) is 5.06 Å². The van der Waals surface area contributed by atoms with E-state index in [9.17, 15) is 0 Å². The first-order chi connectivity index (χ1) is 10.2. The van der Waals surface area contributed by atoms with Crippen molar-refractivity contribution in [2.24, 2.45) is 0 Å². The second kappa shape index (κ2) is 11.8. The minimum absolute atomic E-state index is 0. The number of anilines is 3. The Kier molecular flexibility index (Phi) is 10.8. The number of methoxy groups -OCH3 is 1. The van der Waals surface area contributed by atoms with E-state index in [1.807, 2.05) is 0 Å². The molecule has 0 aliphatic heterocycles. The number of nitrogens with one attached hydrogen (secondary N) is 2. The van der Waals surface area contributed by atoms with Crippen molar-refractivity contribution in [2.45, 2.75) is 13.3 Å². The van der Waals surface area contributed by atoms with Crippen molar-refractivity contribution in [3.8, 4) is 12.3 Å². The van der Waals surface area contributed by atoms with Crippen LogP contribution in [0.5, 0.6) is 0 Å². The van der Waals surface area contributed by atoms with E-state index in [4.69, 9.17) is 16.0 Å². The highest BCUT2D eigenvalue weighted by Gasteiger charge is 2.10. The van der Waals surface area contributed by atoms with E-state index in [-0.39, 0.29) is 12.4 Å². The van der Waals surface area contributed by atoms with Crippen LogP contribution in [0.4, 0.5) is 17.8 Å². The molecule has 0 aromatic carbocycles. The topological polar surface area (TPSA) is 84.4 Å². The van der Waals surface area contributed by atoms with Gasteiger partial charge in [-0.1, -0.05) is 12.8 Å². The number of hydroxylamine groups is 1. The van der Waals surface area contributed by atoms with Gasteiger partial charge in [-0.2, -0.15) is 15.0 Å². The number of rotatable bonds is 10. The molecule has 0 saturated carbocycles. The molecule has 8 nitrogen and oxygen atoms in total. The molecule has 0 radical (unpaired) electrons. The maximum atomic E-state index is 5.45. The van der Waals surface area contributed by atoms with Gasteiger partial charge in [-0.15, -0.1) is 18.8 Å². The molecule has 0 fully saturated rings. The number of ether oxygens (including phenoxy) is 1. The van der Waals surface area contributed by atoms with E-state index >= 15 is 0 Å². The van der Waals surface area contributed by atoms with Crippen LogP contribution < -0.4 is 15.7 Å². The molecular weight excluding hydrogens is 308 g/mol. The van der Waals surface area contributed by atoms with Crippen molar-refractivity contribution in [3.05, 3.63) is 0 Å². The van der Waals surface area contributed by atoms with Gasteiger partial charge in [0.1, 0.15) is 0 Å². The van der Waals surface area contributed by atoms with Crippen LogP contribution in [0.1, 0.15) is 13.3 Å². The number of hydrogen-bond acceptors (Lipinski definition) is 8. The van der Waals surface area contributed by atoms with Gasteiger partial charge >= 0.3 is 0 Å². The molecular formula is C13H23ClN6O2. The monoisotopic (exact) mass is 330 g/mol. The van der Waals surface area contributed by atoms with Gasteiger partial charge in [0.15, 0.2) is 0 Å². The summed E-state index contributed by atoms with van der Waals surface area (Å²) in [6.45, 7) is 4.06. The summed E-state index contributed by atoms with van der Waals surface area (Å²) < 4.78 is 4.93. The molecule has 22 heavy (non-hydrogen) atoms. The zero-order valence-corrected chi connectivity index (χ0v) is 13.9. The lowest BCUT2D eigenvalue weighted by molar-refractivity contribution is 0.0607. The predicted octanol–water partition coefficient (Wildman–Crippen LogP) is 1.17. The molecule has 0 unspecified atom stereocenters. The summed E-state index contributed by atoms with van der Waals surface area (Å²) >= 11 is 0. The number of terminal acetylenes is 1. The molecule has 1 aromatic heterocycles. The average Bonchev–Trinajstić information content (AvgIpc) is 2.50. The minimum atomic E-state index is 0. The average molecular weight is 331 g/mol. The second-order valence-corrected chi connectivity index (χ2v) is 4.09. The highest BCUT2D eigenvalue weighted by Crippen LogP contribution is 2.12. The Balaban J connectivity index is 0.00000441. The summed E-state index contributed by atoms with van der Waals surface area (Å²) in [5.41, 5.74) is 0. The van der Waals surface area contributed by atoms with Crippen LogP contribution in [0, 0.1) is 12.3 Å². The van der Waals surface area contributed by atoms with Crippen LogP contribution in [0.3, 0.4) is 0 Å². The van der Waals surface area contributed by atoms with Crippen LogP contribution in [0.2, 0.25) is 0 Å². The molecule has 0 saturated heterocycles. The van der Waals surface area contributed by atoms with Gasteiger partial charge in [0, 0.05) is 20.7 Å². The lowest BCUT2D eigenvalue weighted by Crippen LogP contribution is -2.24. The van der Waals surface area contributed by atoms with Gasteiger partial charge in [0.25, 0.3) is 5.95 Å². The third-order valence-electron chi connectivity index (χ3n) is 2.36. The van der Waals surface area contributed by atoms with Crippen molar-refractivity contribution >= 4 is 30.3 Å². The second-order valence-electron chi connectivity index (χ2n) is 4.09. The molecule has 9 heteroatoms. The zero-order valence-electron chi connectivity index (χ0n) is 13.1. The zero-order chi connectivity index (χ0) is 15.5. The molecule has 2 N–H and O–H groups in total. The van der Waals surface area contributed by atoms with Crippen molar-refractivity contribution in [1.82, 2.24) is 15.0 Å². The fourth-order valence-electron chi connectivity index (χ4n) is 1.35. The van der Waals surface area contributed by atoms with E-state index in [1.54, 1.807) is 14.2 Å². The van der Waals surface area contributed by atoms with Gasteiger partial charge in [-0.05, 0) is 6.42 Å². The Morgan fingerprint density at radius 2 is 1.86 bits per heavy atom. The van der Waals surface area contributed by atoms with E-state index in [1.165, 1.54) is 5.06 Å². The van der Waals surface area contributed by atoms with Crippen molar-refractivity contribution in [3.63, 3.8) is 0 Å². The summed E-state index contributed by atoms with van der Waals surface area (Å²) in [6, 6.07) is 0. The summed E-state index contributed by atoms with van der Waals surface area (Å²) in [4.78, 5) is 18.2. The first kappa shape index (κ1) is 20.2. The van der Waals surface area contributed by atoms with Crippen LogP contribution in [0.25, 0.3) is 0 Å². The fraction of sp³-hybridized carbons (Fsp3) is 0.615. The number of nitrogens with zero attached hydrogens (tertiary/aromatic N) is 4. The molecule has 0 bridgehead atoms. The minimum Gasteiger partial charge on any atom is -0.382 e. The molecule has 0 spiro atoms. The lowest BCUT2D eigenvalue weighted by Gasteiger charge is -2.17. The predicted molar refractivity (Wildman–Crippen MR) is 89.4 cm³/mol. The lowest BCUT2D eigenvalue weighted by atomic mass is 10.5. The van der Waals surface area contributed by atoms with Crippen molar-refractivity contribution in [1.29, 1.82) is 0 Å². The van der Waals surface area contributed by atoms with E-state index in [0.717, 1.165) is 13.0 Å². The Morgan fingerprint density at radius 1 is 1.18 bits per heavy atom. The summed E-state index contributed by atoms with van der Waals surface area (Å²) in [6.07, 6.45) is 6.19. The van der Waals surface area contributed by atoms with Crippen LogP contribution in [-0.2, 0) is 9.57 Å². The highest BCUT2D eigenvalue weighted by molar-refractivity contribution is 5.85. The Bertz CT molecular complexity index is 468. The van der Waals surface area contributed by atoms with Crippen molar-refractivity contribution in [2.75, 3.05) is 56.2 Å². The SMILES string of the molecule is C#CCNc1nc(NCCC)nc(N(C)OCCOC)n1.Cl. The van der Waals surface area contributed by atoms with Gasteiger partial charge in [0.2, 0.25) is 11.9 Å². The quantitative estimate of drug-likeness (QED) is 0.376. The standard InChI is InChI=1S/C13H22N6O2.ClH/c1-5-7-14-11-16-12(15-8-6-2)18-13(17-11)19(3)21-10-9-20-4;/h1H,6-10H2,2-4H3,(H2,14,15,16,17,18);1H. The summed E-state index contributed by atoms with van der Waals surface area (Å²) in [7, 11) is 3.33. The Hall–Kier alpha value is -1.82. The van der Waals surface area contributed by atoms with Crippen LogP contribution in [0.15, 0.2) is 0 Å². The number of aromatic nitrogens is 3. The van der Waals surface area contributed by atoms with Gasteiger partial charge in [0.05, 0.1) is 19.8 Å². The molecule has 0 aliphatic carbocycles. The summed E-state index contributed by atoms with van der Waals surface area (Å²) in [5.74, 6) is 3.74. The third-order valence-corrected chi connectivity index (χ3v) is 2.36. The number of halogens is 1. The molecule has 1 rings (SSSR count). The molecule has 0 aliphatic rings.